The van der Waals surface area contributed by atoms with Gasteiger partial charge in [-0.1, -0.05) is 40.7 Å². The van der Waals surface area contributed by atoms with Gasteiger partial charge < -0.3 is 0 Å². The highest BCUT2D eigenvalue weighted by Gasteiger charge is 2.16. The van der Waals surface area contributed by atoms with E-state index in [1.165, 1.54) is 0 Å². The van der Waals surface area contributed by atoms with E-state index >= 15 is 0 Å². The van der Waals surface area contributed by atoms with Crippen molar-refractivity contribution < 1.29 is 8.42 Å². The van der Waals surface area contributed by atoms with E-state index in [4.69, 9.17) is 0 Å². The normalized spacial score (nSPS) is 11.2. The molecule has 1 aromatic carbocycles. The molecule has 0 amide bonds. The number of allylic oxidation sites excluding steroid dienone is 1. The van der Waals surface area contributed by atoms with Gasteiger partial charge in [-0.2, -0.15) is 0 Å². The Kier molecular flexibility index (Phi) is 3.27. The molecule has 0 saturated carbocycles. The predicted molar refractivity (Wildman–Crippen MR) is 56.6 cm³/mol. The lowest BCUT2D eigenvalue weighted by atomic mass is 10.4. The fourth-order valence-corrected chi connectivity index (χ4v) is 2.73. The molecule has 1 rings (SSSR count). The Morgan fingerprint density at radius 2 is 1.85 bits per heavy atom. The molecule has 0 radical (unpaired) electrons. The van der Waals surface area contributed by atoms with E-state index in [2.05, 4.69) is 22.5 Å². The quantitative estimate of drug-likeness (QED) is 0.783. The minimum Gasteiger partial charge on any atom is -0.219 e. The lowest BCUT2D eigenvalue weighted by Crippen LogP contribution is -2.04. The number of alkyl halides is 1. The molecule has 70 valence electrons. The number of rotatable bonds is 3. The summed E-state index contributed by atoms with van der Waals surface area (Å²) in [6.07, 6.45) is 0. The Morgan fingerprint density at radius 3 is 2.31 bits per heavy atom. The van der Waals surface area contributed by atoms with Crippen LogP contribution >= 0.6 is 15.9 Å². The van der Waals surface area contributed by atoms with Crippen LogP contribution in [0.2, 0.25) is 0 Å². The zero-order chi connectivity index (χ0) is 9.90. The smallest absolute Gasteiger partial charge is 0.203 e. The Bertz CT molecular complexity index is 395. The first-order chi connectivity index (χ1) is 6.09. The largest absolute Gasteiger partial charge is 0.219 e. The van der Waals surface area contributed by atoms with Crippen molar-refractivity contribution in [2.45, 2.75) is 4.90 Å². The second-order valence-corrected chi connectivity index (χ2v) is 5.11. The third kappa shape index (κ3) is 2.19. The first kappa shape index (κ1) is 10.5. The molecule has 4 heteroatoms. The highest BCUT2D eigenvalue weighted by atomic mass is 79.9. The number of hydrogen-bond acceptors (Lipinski definition) is 2. The topological polar surface area (TPSA) is 34.1 Å². The average molecular weight is 261 g/mol. The Morgan fingerprint density at radius 1 is 1.31 bits per heavy atom. The average Bonchev–Trinajstić information content (AvgIpc) is 2.18. The fraction of sp³-hybridized carbons (Fsp3) is 0.111. The van der Waals surface area contributed by atoms with Crippen molar-refractivity contribution >= 4 is 25.8 Å². The molecule has 2 nitrogen and oxygen atoms in total. The van der Waals surface area contributed by atoms with Gasteiger partial charge in [0.2, 0.25) is 9.84 Å². The molecule has 0 fully saturated rings. The molecule has 0 N–H and O–H groups in total. The van der Waals surface area contributed by atoms with Crippen LogP contribution < -0.4 is 0 Å². The van der Waals surface area contributed by atoms with Crippen molar-refractivity contribution in [3.05, 3.63) is 41.8 Å². The van der Waals surface area contributed by atoms with Gasteiger partial charge in [0, 0.05) is 5.33 Å². The number of benzene rings is 1. The summed E-state index contributed by atoms with van der Waals surface area (Å²) < 4.78 is 23.3. The first-order valence-corrected chi connectivity index (χ1v) is 6.23. The van der Waals surface area contributed by atoms with Crippen LogP contribution in [0.3, 0.4) is 0 Å². The van der Waals surface area contributed by atoms with E-state index in [0.29, 0.717) is 4.90 Å². The molecule has 0 aliphatic rings. The Hall–Kier alpha value is -0.610. The van der Waals surface area contributed by atoms with Crippen LogP contribution in [0, 0.1) is 0 Å². The van der Waals surface area contributed by atoms with E-state index in [1.807, 2.05) is 0 Å². The molecule has 0 aliphatic carbocycles. The van der Waals surface area contributed by atoms with Crippen LogP contribution in [-0.2, 0) is 9.84 Å². The van der Waals surface area contributed by atoms with Gasteiger partial charge in [-0.05, 0) is 12.1 Å². The number of hydrogen-bond donors (Lipinski definition) is 0. The van der Waals surface area contributed by atoms with Gasteiger partial charge >= 0.3 is 0 Å². The van der Waals surface area contributed by atoms with Crippen molar-refractivity contribution in [1.29, 1.82) is 0 Å². The van der Waals surface area contributed by atoms with Gasteiger partial charge in [0.25, 0.3) is 0 Å². The molecule has 0 aromatic heterocycles. The second kappa shape index (κ2) is 4.07. The van der Waals surface area contributed by atoms with Crippen LogP contribution in [0.1, 0.15) is 0 Å². The van der Waals surface area contributed by atoms with Crippen LogP contribution in [0.15, 0.2) is 46.7 Å². The van der Waals surface area contributed by atoms with Gasteiger partial charge in [0.05, 0.1) is 9.80 Å². The van der Waals surface area contributed by atoms with Crippen LogP contribution in [-0.4, -0.2) is 13.7 Å². The molecule has 0 bridgehead atoms. The molecule has 0 spiro atoms. The molecule has 13 heavy (non-hydrogen) atoms. The van der Waals surface area contributed by atoms with E-state index < -0.39 is 9.84 Å². The lowest BCUT2D eigenvalue weighted by Gasteiger charge is -2.03. The maximum absolute atomic E-state index is 11.6. The van der Waals surface area contributed by atoms with E-state index in [0.717, 1.165) is 0 Å². The summed E-state index contributed by atoms with van der Waals surface area (Å²) >= 11 is 3.07. The van der Waals surface area contributed by atoms with E-state index in [9.17, 15) is 8.42 Å². The van der Waals surface area contributed by atoms with Crippen molar-refractivity contribution in [2.75, 3.05) is 5.33 Å². The van der Waals surface area contributed by atoms with Gasteiger partial charge in [-0.3, -0.25) is 0 Å². The standard InChI is InChI=1S/C9H9BrO2S/c1-8(7-10)13(11,12)9-5-3-2-4-6-9/h2-6H,1,7H2. The third-order valence-corrected chi connectivity index (χ3v) is 4.43. The highest BCUT2D eigenvalue weighted by Crippen LogP contribution is 2.18. The van der Waals surface area contributed by atoms with Crippen LogP contribution in [0.25, 0.3) is 0 Å². The van der Waals surface area contributed by atoms with Gasteiger partial charge in [0.1, 0.15) is 0 Å². The van der Waals surface area contributed by atoms with Gasteiger partial charge in [0.15, 0.2) is 0 Å². The summed E-state index contributed by atoms with van der Waals surface area (Å²) in [5.74, 6) is 0. The third-order valence-electron chi connectivity index (χ3n) is 1.58. The van der Waals surface area contributed by atoms with E-state index in [1.54, 1.807) is 30.3 Å². The minimum atomic E-state index is -3.33. The van der Waals surface area contributed by atoms with Crippen molar-refractivity contribution in [1.82, 2.24) is 0 Å². The first-order valence-electron chi connectivity index (χ1n) is 3.63. The summed E-state index contributed by atoms with van der Waals surface area (Å²) in [5.41, 5.74) is 0. The number of halogens is 1. The van der Waals surface area contributed by atoms with Crippen molar-refractivity contribution in [3.8, 4) is 0 Å². The molecule has 0 aliphatic heterocycles. The summed E-state index contributed by atoms with van der Waals surface area (Å²) in [7, 11) is -3.33. The summed E-state index contributed by atoms with van der Waals surface area (Å²) in [5, 5.41) is 0.268. The number of sulfone groups is 1. The molecular weight excluding hydrogens is 252 g/mol. The van der Waals surface area contributed by atoms with Crippen molar-refractivity contribution in [3.63, 3.8) is 0 Å². The predicted octanol–water partition coefficient (Wildman–Crippen LogP) is 2.37. The zero-order valence-electron chi connectivity index (χ0n) is 6.90. The summed E-state index contributed by atoms with van der Waals surface area (Å²) in [4.78, 5) is 0.471. The molecule has 0 unspecified atom stereocenters. The SMILES string of the molecule is C=C(CBr)S(=O)(=O)c1ccccc1. The molecule has 1 aromatic rings. The second-order valence-electron chi connectivity index (χ2n) is 2.49. The van der Waals surface area contributed by atoms with Crippen molar-refractivity contribution in [2.24, 2.45) is 0 Å². The molecule has 0 saturated heterocycles. The monoisotopic (exact) mass is 260 g/mol. The maximum atomic E-state index is 11.6. The molecule has 0 atom stereocenters. The summed E-state index contributed by atoms with van der Waals surface area (Å²) in [6, 6.07) is 8.27. The van der Waals surface area contributed by atoms with Crippen LogP contribution in [0.4, 0.5) is 0 Å². The lowest BCUT2D eigenvalue weighted by molar-refractivity contribution is 0.602. The summed E-state index contributed by atoms with van der Waals surface area (Å²) in [6.45, 7) is 3.49. The highest BCUT2D eigenvalue weighted by molar-refractivity contribution is 9.09. The minimum absolute atomic E-state index is 0.179. The maximum Gasteiger partial charge on any atom is 0.203 e. The Labute approximate surface area is 86.3 Å². The Balaban J connectivity index is 3.17. The van der Waals surface area contributed by atoms with Crippen LogP contribution in [0.5, 0.6) is 0 Å². The molecular formula is C9H9BrO2S. The molecule has 0 heterocycles. The van der Waals surface area contributed by atoms with Gasteiger partial charge in [-0.25, -0.2) is 8.42 Å². The fourth-order valence-electron chi connectivity index (χ4n) is 0.838. The van der Waals surface area contributed by atoms with E-state index in [-0.39, 0.29) is 10.2 Å². The van der Waals surface area contributed by atoms with Gasteiger partial charge in [-0.15, -0.1) is 0 Å². The zero-order valence-corrected chi connectivity index (χ0v) is 9.31.